The van der Waals surface area contributed by atoms with Gasteiger partial charge in [0, 0.05) is 0 Å². The normalized spacial score (nSPS) is 39.9. The SMILES string of the molecule is CC(CCC(C)(C)O)[C@@H](C)C1CCC2[C@@H](O)CCC[C@]12C. The molecule has 2 rings (SSSR count). The first-order valence-electron chi connectivity index (χ1n) is 9.05. The molecule has 6 atom stereocenters. The van der Waals surface area contributed by atoms with E-state index in [0.717, 1.165) is 25.2 Å². The minimum Gasteiger partial charge on any atom is -0.393 e. The molecule has 0 spiro atoms. The van der Waals surface area contributed by atoms with Crippen LogP contribution in [0.5, 0.6) is 0 Å². The molecule has 2 aliphatic carbocycles. The van der Waals surface area contributed by atoms with E-state index in [1.54, 1.807) is 0 Å². The van der Waals surface area contributed by atoms with Crippen LogP contribution in [-0.2, 0) is 0 Å². The molecule has 21 heavy (non-hydrogen) atoms. The number of aliphatic hydroxyl groups is 2. The van der Waals surface area contributed by atoms with Gasteiger partial charge in [0.15, 0.2) is 0 Å². The third-order valence-corrected chi connectivity index (χ3v) is 6.91. The molecule has 2 aliphatic rings. The molecule has 2 fully saturated rings. The Bertz CT molecular complexity index is 346. The second kappa shape index (κ2) is 6.20. The van der Waals surface area contributed by atoms with E-state index in [4.69, 9.17) is 0 Å². The first-order chi connectivity index (χ1) is 9.65. The van der Waals surface area contributed by atoms with Crippen molar-refractivity contribution < 1.29 is 10.2 Å². The molecular formula is C19H36O2. The maximum atomic E-state index is 10.4. The molecule has 2 heteroatoms. The molecule has 0 aliphatic heterocycles. The smallest absolute Gasteiger partial charge is 0.0591 e. The van der Waals surface area contributed by atoms with Gasteiger partial charge in [-0.05, 0) is 81.5 Å². The maximum absolute atomic E-state index is 10.4. The third kappa shape index (κ3) is 3.64. The van der Waals surface area contributed by atoms with Crippen molar-refractivity contribution in [2.24, 2.45) is 29.1 Å². The molecule has 0 radical (unpaired) electrons. The summed E-state index contributed by atoms with van der Waals surface area (Å²) in [4.78, 5) is 0. The molecule has 0 heterocycles. The van der Waals surface area contributed by atoms with Crippen molar-refractivity contribution in [1.29, 1.82) is 0 Å². The Labute approximate surface area is 131 Å². The minimum absolute atomic E-state index is 0.0624. The van der Waals surface area contributed by atoms with E-state index < -0.39 is 5.60 Å². The van der Waals surface area contributed by atoms with Crippen molar-refractivity contribution in [2.75, 3.05) is 0 Å². The van der Waals surface area contributed by atoms with Crippen molar-refractivity contribution in [1.82, 2.24) is 0 Å². The Morgan fingerprint density at radius 1 is 1.19 bits per heavy atom. The summed E-state index contributed by atoms with van der Waals surface area (Å²) in [6.45, 7) is 11.0. The van der Waals surface area contributed by atoms with Gasteiger partial charge in [-0.25, -0.2) is 0 Å². The number of hydrogen-bond donors (Lipinski definition) is 2. The fraction of sp³-hybridized carbons (Fsp3) is 1.00. The Morgan fingerprint density at radius 2 is 1.86 bits per heavy atom. The molecule has 0 bridgehead atoms. The zero-order chi connectivity index (χ0) is 15.8. The molecule has 0 aromatic heterocycles. The first kappa shape index (κ1) is 17.3. The van der Waals surface area contributed by atoms with Crippen molar-refractivity contribution in [3.63, 3.8) is 0 Å². The Hall–Kier alpha value is -0.0800. The molecule has 0 saturated heterocycles. The van der Waals surface area contributed by atoms with Gasteiger partial charge in [-0.15, -0.1) is 0 Å². The van der Waals surface area contributed by atoms with Crippen LogP contribution in [0, 0.1) is 29.1 Å². The van der Waals surface area contributed by atoms with E-state index in [-0.39, 0.29) is 6.10 Å². The summed E-state index contributed by atoms with van der Waals surface area (Å²) in [6.07, 6.45) is 7.91. The van der Waals surface area contributed by atoms with Crippen LogP contribution in [0.2, 0.25) is 0 Å². The van der Waals surface area contributed by atoms with E-state index in [1.165, 1.54) is 25.7 Å². The second-order valence-electron chi connectivity index (χ2n) is 8.94. The van der Waals surface area contributed by atoms with Gasteiger partial charge < -0.3 is 10.2 Å². The highest BCUT2D eigenvalue weighted by Gasteiger charge is 2.52. The van der Waals surface area contributed by atoms with Gasteiger partial charge in [-0.3, -0.25) is 0 Å². The van der Waals surface area contributed by atoms with E-state index in [1.807, 2.05) is 13.8 Å². The molecule has 0 aromatic rings. The van der Waals surface area contributed by atoms with Crippen LogP contribution >= 0.6 is 0 Å². The summed E-state index contributed by atoms with van der Waals surface area (Å²) in [5.74, 6) is 2.61. The van der Waals surface area contributed by atoms with Crippen LogP contribution in [0.25, 0.3) is 0 Å². The summed E-state index contributed by atoms with van der Waals surface area (Å²) < 4.78 is 0. The molecule has 0 aromatic carbocycles. The first-order valence-corrected chi connectivity index (χ1v) is 9.05. The average Bonchev–Trinajstić information content (AvgIpc) is 2.73. The minimum atomic E-state index is -0.545. The van der Waals surface area contributed by atoms with E-state index in [2.05, 4.69) is 20.8 Å². The summed E-state index contributed by atoms with van der Waals surface area (Å²) in [6, 6.07) is 0. The highest BCUT2D eigenvalue weighted by atomic mass is 16.3. The van der Waals surface area contributed by atoms with Gasteiger partial charge in [-0.1, -0.05) is 27.2 Å². The van der Waals surface area contributed by atoms with E-state index in [0.29, 0.717) is 23.2 Å². The molecule has 2 nitrogen and oxygen atoms in total. The summed E-state index contributed by atoms with van der Waals surface area (Å²) in [5.41, 5.74) is -0.197. The van der Waals surface area contributed by atoms with Gasteiger partial charge >= 0.3 is 0 Å². The van der Waals surface area contributed by atoms with Gasteiger partial charge in [0.05, 0.1) is 11.7 Å². The fourth-order valence-corrected chi connectivity index (χ4v) is 5.29. The van der Waals surface area contributed by atoms with Crippen molar-refractivity contribution in [3.05, 3.63) is 0 Å². The van der Waals surface area contributed by atoms with Crippen molar-refractivity contribution in [2.45, 2.75) is 91.3 Å². The molecule has 2 saturated carbocycles. The van der Waals surface area contributed by atoms with Gasteiger partial charge in [0.1, 0.15) is 0 Å². The topological polar surface area (TPSA) is 40.5 Å². The number of hydrogen-bond acceptors (Lipinski definition) is 2. The maximum Gasteiger partial charge on any atom is 0.0591 e. The Balaban J connectivity index is 2.00. The zero-order valence-electron chi connectivity index (χ0n) is 14.7. The van der Waals surface area contributed by atoms with Crippen molar-refractivity contribution in [3.8, 4) is 0 Å². The number of rotatable bonds is 5. The van der Waals surface area contributed by atoms with Crippen LogP contribution in [-0.4, -0.2) is 21.9 Å². The largest absolute Gasteiger partial charge is 0.393 e. The summed E-state index contributed by atoms with van der Waals surface area (Å²) in [5, 5.41) is 20.3. The third-order valence-electron chi connectivity index (χ3n) is 6.91. The van der Waals surface area contributed by atoms with E-state index >= 15 is 0 Å². The van der Waals surface area contributed by atoms with Crippen molar-refractivity contribution >= 4 is 0 Å². The number of fused-ring (bicyclic) bond motifs is 1. The quantitative estimate of drug-likeness (QED) is 0.790. The second-order valence-corrected chi connectivity index (χ2v) is 8.94. The lowest BCUT2D eigenvalue weighted by atomic mass is 9.60. The molecule has 0 amide bonds. The number of aliphatic hydroxyl groups excluding tert-OH is 1. The van der Waals surface area contributed by atoms with Crippen LogP contribution in [0.15, 0.2) is 0 Å². The van der Waals surface area contributed by atoms with Gasteiger partial charge in [0.25, 0.3) is 0 Å². The average molecular weight is 296 g/mol. The molecule has 2 N–H and O–H groups in total. The van der Waals surface area contributed by atoms with Gasteiger partial charge in [-0.2, -0.15) is 0 Å². The standard InChI is InChI=1S/C19H36O2/c1-13(10-12-18(3,4)21)14(2)15-8-9-16-17(20)7-6-11-19(15,16)5/h13-17,20-21H,6-12H2,1-5H3/t13?,14-,15?,16?,17+,19-/m1/s1. The lowest BCUT2D eigenvalue weighted by Gasteiger charge is -2.46. The van der Waals surface area contributed by atoms with Crippen LogP contribution in [0.4, 0.5) is 0 Å². The lowest BCUT2D eigenvalue weighted by Crippen LogP contribution is -2.42. The summed E-state index contributed by atoms with van der Waals surface area (Å²) >= 11 is 0. The van der Waals surface area contributed by atoms with E-state index in [9.17, 15) is 10.2 Å². The molecule has 124 valence electrons. The van der Waals surface area contributed by atoms with Gasteiger partial charge in [0.2, 0.25) is 0 Å². The van der Waals surface area contributed by atoms with Crippen LogP contribution < -0.4 is 0 Å². The monoisotopic (exact) mass is 296 g/mol. The highest BCUT2D eigenvalue weighted by Crippen LogP contribution is 2.58. The Morgan fingerprint density at radius 3 is 2.48 bits per heavy atom. The Kier molecular flexibility index (Phi) is 5.10. The predicted molar refractivity (Wildman–Crippen MR) is 88.0 cm³/mol. The predicted octanol–water partition coefficient (Wildman–Crippen LogP) is 4.39. The zero-order valence-corrected chi connectivity index (χ0v) is 14.7. The van der Waals surface area contributed by atoms with Crippen LogP contribution in [0.1, 0.15) is 79.6 Å². The summed E-state index contributed by atoms with van der Waals surface area (Å²) in [7, 11) is 0. The molecular weight excluding hydrogens is 260 g/mol. The highest BCUT2D eigenvalue weighted by molar-refractivity contribution is 5.02. The fourth-order valence-electron chi connectivity index (χ4n) is 5.29. The van der Waals surface area contributed by atoms with Crippen LogP contribution in [0.3, 0.4) is 0 Å². The molecule has 3 unspecified atom stereocenters. The lowest BCUT2D eigenvalue weighted by molar-refractivity contribution is -0.0337.